The molecule has 96 valence electrons. The average Bonchev–Trinajstić information content (AvgIpc) is 2.76. The molecule has 8 heteroatoms. The zero-order valence-electron chi connectivity index (χ0n) is 9.59. The van der Waals surface area contributed by atoms with E-state index in [2.05, 4.69) is 15.1 Å². The molecule has 1 saturated heterocycles. The summed E-state index contributed by atoms with van der Waals surface area (Å²) in [5, 5.41) is 7.01. The molecule has 1 aromatic heterocycles. The van der Waals surface area contributed by atoms with Crippen molar-refractivity contribution in [2.45, 2.75) is 10.9 Å². The molecule has 7 nitrogen and oxygen atoms in total. The molecule has 1 atom stereocenters. The summed E-state index contributed by atoms with van der Waals surface area (Å²) in [5.74, 6) is 0. The van der Waals surface area contributed by atoms with Crippen LogP contribution in [0.25, 0.3) is 0 Å². The lowest BCUT2D eigenvalue weighted by Crippen LogP contribution is -2.48. The lowest BCUT2D eigenvalue weighted by molar-refractivity contribution is 0.0784. The van der Waals surface area contributed by atoms with Crippen LogP contribution in [-0.4, -0.2) is 50.5 Å². The van der Waals surface area contributed by atoms with E-state index in [9.17, 15) is 8.42 Å². The van der Waals surface area contributed by atoms with Crippen molar-refractivity contribution in [2.75, 3.05) is 26.3 Å². The Balaban J connectivity index is 1.93. The Kier molecular flexibility index (Phi) is 3.77. The van der Waals surface area contributed by atoms with Crippen LogP contribution in [0.2, 0.25) is 0 Å². The molecular weight excluding hydrogens is 244 g/mol. The van der Waals surface area contributed by atoms with Crippen LogP contribution in [0, 0.1) is 0 Å². The minimum Gasteiger partial charge on any atom is -0.378 e. The molecule has 1 aliphatic heterocycles. The SMILES string of the molecule is Cn1cc(S(=O)(=O)NCC2COCCN2)cn1. The van der Waals surface area contributed by atoms with Gasteiger partial charge < -0.3 is 10.1 Å². The van der Waals surface area contributed by atoms with Gasteiger partial charge in [-0.25, -0.2) is 13.1 Å². The van der Waals surface area contributed by atoms with Crippen molar-refractivity contribution in [2.24, 2.45) is 7.05 Å². The minimum absolute atomic E-state index is 0.0233. The summed E-state index contributed by atoms with van der Waals surface area (Å²) in [4.78, 5) is 0.178. The van der Waals surface area contributed by atoms with Crippen molar-refractivity contribution < 1.29 is 13.2 Å². The molecule has 2 heterocycles. The van der Waals surface area contributed by atoms with Gasteiger partial charge in [-0.1, -0.05) is 0 Å². The third-order valence-corrected chi connectivity index (χ3v) is 3.89. The van der Waals surface area contributed by atoms with E-state index in [1.807, 2.05) is 0 Å². The molecule has 0 aliphatic carbocycles. The Bertz CT molecular complexity index is 464. The molecule has 0 radical (unpaired) electrons. The van der Waals surface area contributed by atoms with Crippen LogP contribution in [0.3, 0.4) is 0 Å². The number of aromatic nitrogens is 2. The van der Waals surface area contributed by atoms with Crippen LogP contribution >= 0.6 is 0 Å². The summed E-state index contributed by atoms with van der Waals surface area (Å²) in [6.07, 6.45) is 2.79. The number of ether oxygens (including phenoxy) is 1. The van der Waals surface area contributed by atoms with Crippen molar-refractivity contribution in [3.63, 3.8) is 0 Å². The van der Waals surface area contributed by atoms with Gasteiger partial charge in [0.2, 0.25) is 10.0 Å². The number of morpholine rings is 1. The number of hydrogen-bond acceptors (Lipinski definition) is 5. The highest BCUT2D eigenvalue weighted by atomic mass is 32.2. The highest BCUT2D eigenvalue weighted by molar-refractivity contribution is 7.89. The summed E-state index contributed by atoms with van der Waals surface area (Å²) in [6, 6.07) is 0.0233. The molecule has 0 bridgehead atoms. The van der Waals surface area contributed by atoms with Crippen molar-refractivity contribution in [3.05, 3.63) is 12.4 Å². The van der Waals surface area contributed by atoms with Crippen LogP contribution in [0.4, 0.5) is 0 Å². The molecular formula is C9H16N4O3S. The van der Waals surface area contributed by atoms with Crippen LogP contribution in [0.1, 0.15) is 0 Å². The smallest absolute Gasteiger partial charge is 0.243 e. The van der Waals surface area contributed by atoms with Crippen molar-refractivity contribution in [3.8, 4) is 0 Å². The first-order valence-electron chi connectivity index (χ1n) is 5.37. The predicted molar refractivity (Wildman–Crippen MR) is 61.0 cm³/mol. The number of rotatable bonds is 4. The molecule has 2 rings (SSSR count). The zero-order valence-corrected chi connectivity index (χ0v) is 10.4. The second-order valence-electron chi connectivity index (χ2n) is 3.93. The molecule has 0 amide bonds. The fraction of sp³-hybridized carbons (Fsp3) is 0.667. The van der Waals surface area contributed by atoms with Gasteiger partial charge in [-0.3, -0.25) is 4.68 Å². The number of nitrogens with one attached hydrogen (secondary N) is 2. The van der Waals surface area contributed by atoms with E-state index in [1.165, 1.54) is 17.1 Å². The molecule has 0 saturated carbocycles. The van der Waals surface area contributed by atoms with E-state index >= 15 is 0 Å². The molecule has 1 aliphatic rings. The molecule has 1 unspecified atom stereocenters. The second-order valence-corrected chi connectivity index (χ2v) is 5.69. The monoisotopic (exact) mass is 260 g/mol. The summed E-state index contributed by atoms with van der Waals surface area (Å²) in [7, 11) is -1.79. The Labute approximate surface area is 100 Å². The van der Waals surface area contributed by atoms with Gasteiger partial charge in [-0.05, 0) is 0 Å². The lowest BCUT2D eigenvalue weighted by atomic mass is 10.3. The third-order valence-electron chi connectivity index (χ3n) is 2.51. The van der Waals surface area contributed by atoms with Crippen LogP contribution in [0.15, 0.2) is 17.3 Å². The van der Waals surface area contributed by atoms with Gasteiger partial charge in [0.15, 0.2) is 0 Å². The number of aryl methyl sites for hydroxylation is 1. The number of hydrogen-bond donors (Lipinski definition) is 2. The van der Waals surface area contributed by atoms with Crippen LogP contribution in [-0.2, 0) is 21.8 Å². The average molecular weight is 260 g/mol. The van der Waals surface area contributed by atoms with E-state index in [-0.39, 0.29) is 10.9 Å². The fourth-order valence-electron chi connectivity index (χ4n) is 1.58. The molecule has 1 fully saturated rings. The highest BCUT2D eigenvalue weighted by Gasteiger charge is 2.19. The van der Waals surface area contributed by atoms with Crippen LogP contribution < -0.4 is 10.0 Å². The van der Waals surface area contributed by atoms with Gasteiger partial charge in [0.1, 0.15) is 4.90 Å². The normalized spacial score (nSPS) is 21.6. The quantitative estimate of drug-likeness (QED) is 0.702. The van der Waals surface area contributed by atoms with E-state index in [0.29, 0.717) is 19.8 Å². The first-order chi connectivity index (χ1) is 8.08. The molecule has 1 aromatic rings. The van der Waals surface area contributed by atoms with Crippen molar-refractivity contribution >= 4 is 10.0 Å². The van der Waals surface area contributed by atoms with Crippen molar-refractivity contribution in [1.82, 2.24) is 19.8 Å². The maximum atomic E-state index is 11.9. The summed E-state index contributed by atoms with van der Waals surface area (Å²) in [6.45, 7) is 2.26. The van der Waals surface area contributed by atoms with Gasteiger partial charge in [-0.2, -0.15) is 5.10 Å². The van der Waals surface area contributed by atoms with Gasteiger partial charge in [-0.15, -0.1) is 0 Å². The zero-order chi connectivity index (χ0) is 12.3. The van der Waals surface area contributed by atoms with Gasteiger partial charge >= 0.3 is 0 Å². The van der Waals surface area contributed by atoms with Gasteiger partial charge in [0, 0.05) is 32.4 Å². The second kappa shape index (κ2) is 5.13. The Morgan fingerprint density at radius 3 is 3.12 bits per heavy atom. The maximum Gasteiger partial charge on any atom is 0.243 e. The van der Waals surface area contributed by atoms with E-state index < -0.39 is 10.0 Å². The molecule has 2 N–H and O–H groups in total. The predicted octanol–water partition coefficient (Wildman–Crippen LogP) is -1.31. The van der Waals surface area contributed by atoms with Gasteiger partial charge in [0.25, 0.3) is 0 Å². The third kappa shape index (κ3) is 3.25. The molecule has 0 aromatic carbocycles. The Morgan fingerprint density at radius 2 is 2.53 bits per heavy atom. The number of nitrogens with zero attached hydrogens (tertiary/aromatic N) is 2. The Morgan fingerprint density at radius 1 is 1.71 bits per heavy atom. The lowest BCUT2D eigenvalue weighted by Gasteiger charge is -2.23. The summed E-state index contributed by atoms with van der Waals surface area (Å²) >= 11 is 0. The summed E-state index contributed by atoms with van der Waals surface area (Å²) in [5.41, 5.74) is 0. The number of sulfonamides is 1. The van der Waals surface area contributed by atoms with E-state index in [4.69, 9.17) is 4.74 Å². The van der Waals surface area contributed by atoms with E-state index in [1.54, 1.807) is 7.05 Å². The topological polar surface area (TPSA) is 85.2 Å². The Hall–Kier alpha value is -0.960. The molecule has 0 spiro atoms. The van der Waals surface area contributed by atoms with Crippen LogP contribution in [0.5, 0.6) is 0 Å². The first kappa shape index (κ1) is 12.5. The maximum absolute atomic E-state index is 11.9. The first-order valence-corrected chi connectivity index (χ1v) is 6.86. The standard InChI is InChI=1S/C9H16N4O3S/c1-13-6-9(5-11-13)17(14,15)12-4-8-7-16-3-2-10-8/h5-6,8,10,12H,2-4,7H2,1H3. The van der Waals surface area contributed by atoms with Crippen molar-refractivity contribution in [1.29, 1.82) is 0 Å². The largest absolute Gasteiger partial charge is 0.378 e. The minimum atomic E-state index is -3.47. The summed E-state index contributed by atoms with van der Waals surface area (Å²) < 4.78 is 32.9. The van der Waals surface area contributed by atoms with E-state index in [0.717, 1.165) is 6.54 Å². The molecule has 17 heavy (non-hydrogen) atoms. The fourth-order valence-corrected chi connectivity index (χ4v) is 2.65. The van der Waals surface area contributed by atoms with Gasteiger partial charge in [0.05, 0.1) is 19.4 Å². The highest BCUT2D eigenvalue weighted by Crippen LogP contribution is 2.05.